The summed E-state index contributed by atoms with van der Waals surface area (Å²) in [5.41, 5.74) is 4.21. The summed E-state index contributed by atoms with van der Waals surface area (Å²) >= 11 is 0. The van der Waals surface area contributed by atoms with Gasteiger partial charge in [-0.3, -0.25) is 0 Å². The monoisotopic (exact) mass is 420 g/mol. The van der Waals surface area contributed by atoms with Gasteiger partial charge in [0, 0.05) is 5.56 Å². The molecule has 2 heteroatoms. The molecule has 0 radical (unpaired) electrons. The van der Waals surface area contributed by atoms with Crippen LogP contribution in [-0.4, -0.2) is 10.7 Å². The number of unbranched alkanes of at least 4 members (excludes halogenated alkanes) is 3. The van der Waals surface area contributed by atoms with Gasteiger partial charge in [0.25, 0.3) is 0 Å². The maximum absolute atomic E-state index is 10.6. The van der Waals surface area contributed by atoms with Gasteiger partial charge in [0.1, 0.15) is 12.4 Å². The first-order valence-corrected chi connectivity index (χ1v) is 12.1. The molecule has 0 bridgehead atoms. The maximum Gasteiger partial charge on any atom is 0.127 e. The lowest BCUT2D eigenvalue weighted by atomic mass is 9.78. The van der Waals surface area contributed by atoms with Crippen LogP contribution in [0.4, 0.5) is 0 Å². The second-order valence-corrected chi connectivity index (χ2v) is 10.1. The lowest BCUT2D eigenvalue weighted by Gasteiger charge is -2.29. The highest BCUT2D eigenvalue weighted by atomic mass is 16.5. The standard InChI is InChI=1S/C29H40O2/c1-5-6-7-11-18-28(2,3)25-16-17-26(24-15-12-19-29(4,30)21-24)27(20-25)31-22-23-13-9-8-10-14-23/h8-10,13-14,16-17,20-21,30H,5-7,11-12,15,18-19,22H2,1-4H3. The van der Waals surface area contributed by atoms with Crippen molar-refractivity contribution in [2.75, 3.05) is 0 Å². The topological polar surface area (TPSA) is 29.5 Å². The average Bonchev–Trinajstić information content (AvgIpc) is 2.75. The Morgan fingerprint density at radius 3 is 2.52 bits per heavy atom. The minimum absolute atomic E-state index is 0.115. The quantitative estimate of drug-likeness (QED) is 0.397. The van der Waals surface area contributed by atoms with Gasteiger partial charge >= 0.3 is 0 Å². The summed E-state index contributed by atoms with van der Waals surface area (Å²) in [6.07, 6.45) is 11.2. The summed E-state index contributed by atoms with van der Waals surface area (Å²) in [6.45, 7) is 9.42. The van der Waals surface area contributed by atoms with Gasteiger partial charge in [-0.15, -0.1) is 0 Å². The maximum atomic E-state index is 10.6. The minimum atomic E-state index is -0.735. The van der Waals surface area contributed by atoms with Gasteiger partial charge in [-0.25, -0.2) is 0 Å². The van der Waals surface area contributed by atoms with Crippen LogP contribution >= 0.6 is 0 Å². The van der Waals surface area contributed by atoms with Crippen LogP contribution < -0.4 is 4.74 Å². The number of ether oxygens (including phenoxy) is 1. The summed E-state index contributed by atoms with van der Waals surface area (Å²) in [5, 5.41) is 10.6. The fraction of sp³-hybridized carbons (Fsp3) is 0.517. The number of hydrogen-bond acceptors (Lipinski definition) is 2. The zero-order valence-corrected chi connectivity index (χ0v) is 19.9. The zero-order valence-electron chi connectivity index (χ0n) is 19.9. The van der Waals surface area contributed by atoms with Gasteiger partial charge < -0.3 is 9.84 Å². The Balaban J connectivity index is 1.88. The van der Waals surface area contributed by atoms with Crippen LogP contribution in [0.5, 0.6) is 5.75 Å². The molecule has 2 aromatic carbocycles. The largest absolute Gasteiger partial charge is 0.488 e. The van der Waals surface area contributed by atoms with Crippen LogP contribution in [-0.2, 0) is 12.0 Å². The van der Waals surface area contributed by atoms with Crippen LogP contribution in [0.15, 0.2) is 54.6 Å². The molecule has 0 saturated carbocycles. The molecule has 168 valence electrons. The van der Waals surface area contributed by atoms with Crippen LogP contribution in [0, 0.1) is 0 Å². The number of aliphatic hydroxyl groups is 1. The molecule has 0 aromatic heterocycles. The van der Waals surface area contributed by atoms with E-state index in [1.165, 1.54) is 48.8 Å². The molecule has 0 fully saturated rings. The van der Waals surface area contributed by atoms with Crippen LogP contribution in [0.1, 0.15) is 95.8 Å². The first-order valence-electron chi connectivity index (χ1n) is 12.1. The molecular formula is C29H40O2. The fourth-order valence-corrected chi connectivity index (χ4v) is 4.57. The predicted octanol–water partition coefficient (Wildman–Crippen LogP) is 7.83. The molecular weight excluding hydrogens is 380 g/mol. The molecule has 3 rings (SSSR count). The van der Waals surface area contributed by atoms with E-state index in [0.29, 0.717) is 6.61 Å². The predicted molar refractivity (Wildman–Crippen MR) is 131 cm³/mol. The summed E-state index contributed by atoms with van der Waals surface area (Å²) < 4.78 is 6.40. The molecule has 0 saturated heterocycles. The summed E-state index contributed by atoms with van der Waals surface area (Å²) in [5.74, 6) is 0.937. The van der Waals surface area contributed by atoms with Gasteiger partial charge in [-0.05, 0) is 66.9 Å². The van der Waals surface area contributed by atoms with Crippen molar-refractivity contribution in [2.24, 2.45) is 0 Å². The van der Waals surface area contributed by atoms with Crippen molar-refractivity contribution < 1.29 is 9.84 Å². The summed E-state index contributed by atoms with van der Waals surface area (Å²) in [4.78, 5) is 0. The first-order chi connectivity index (χ1) is 14.8. The van der Waals surface area contributed by atoms with E-state index in [4.69, 9.17) is 4.74 Å². The molecule has 1 unspecified atom stereocenters. The summed E-state index contributed by atoms with van der Waals surface area (Å²) in [6, 6.07) is 17.1. The van der Waals surface area contributed by atoms with Crippen molar-refractivity contribution in [3.05, 3.63) is 71.3 Å². The third-order valence-corrected chi connectivity index (χ3v) is 6.62. The number of rotatable bonds is 10. The molecule has 0 aliphatic heterocycles. The zero-order chi connectivity index (χ0) is 22.3. The Morgan fingerprint density at radius 1 is 1.03 bits per heavy atom. The van der Waals surface area contributed by atoms with Gasteiger partial charge in [0.05, 0.1) is 5.60 Å². The van der Waals surface area contributed by atoms with Crippen molar-refractivity contribution in [2.45, 2.75) is 96.7 Å². The van der Waals surface area contributed by atoms with Crippen molar-refractivity contribution in [3.8, 4) is 5.75 Å². The van der Waals surface area contributed by atoms with Crippen LogP contribution in [0.3, 0.4) is 0 Å². The van der Waals surface area contributed by atoms with E-state index in [0.717, 1.165) is 30.6 Å². The van der Waals surface area contributed by atoms with E-state index in [9.17, 15) is 5.11 Å². The molecule has 0 amide bonds. The highest BCUT2D eigenvalue weighted by Gasteiger charge is 2.26. The lowest BCUT2D eigenvalue weighted by molar-refractivity contribution is 0.0962. The summed E-state index contributed by atoms with van der Waals surface area (Å²) in [7, 11) is 0. The molecule has 31 heavy (non-hydrogen) atoms. The van der Waals surface area contributed by atoms with Gasteiger partial charge in [-0.2, -0.15) is 0 Å². The molecule has 0 heterocycles. The van der Waals surface area contributed by atoms with Crippen molar-refractivity contribution in [1.82, 2.24) is 0 Å². The van der Waals surface area contributed by atoms with Crippen LogP contribution in [0.25, 0.3) is 5.57 Å². The van der Waals surface area contributed by atoms with Crippen molar-refractivity contribution >= 4 is 5.57 Å². The second kappa shape index (κ2) is 10.5. The average molecular weight is 421 g/mol. The second-order valence-electron chi connectivity index (χ2n) is 10.1. The lowest BCUT2D eigenvalue weighted by Crippen LogP contribution is -2.24. The SMILES string of the molecule is CCCCCCC(C)(C)c1ccc(C2=CC(C)(O)CCC2)c(OCc2ccccc2)c1. The normalized spacial score (nSPS) is 19.2. The molecule has 1 aliphatic rings. The Kier molecular flexibility index (Phi) is 8.00. The molecule has 2 aromatic rings. The first kappa shape index (κ1) is 23.6. The van der Waals surface area contributed by atoms with Gasteiger partial charge in [0.15, 0.2) is 0 Å². The minimum Gasteiger partial charge on any atom is -0.488 e. The Labute approximate surface area is 189 Å². The Bertz CT molecular complexity index is 862. The third-order valence-electron chi connectivity index (χ3n) is 6.62. The van der Waals surface area contributed by atoms with E-state index >= 15 is 0 Å². The van der Waals surface area contributed by atoms with E-state index in [2.05, 4.69) is 63.2 Å². The molecule has 0 spiro atoms. The number of allylic oxidation sites excluding steroid dienone is 1. The molecule has 1 aliphatic carbocycles. The number of hydrogen-bond donors (Lipinski definition) is 1. The van der Waals surface area contributed by atoms with E-state index < -0.39 is 5.60 Å². The van der Waals surface area contributed by atoms with Crippen molar-refractivity contribution in [3.63, 3.8) is 0 Å². The van der Waals surface area contributed by atoms with Crippen molar-refractivity contribution in [1.29, 1.82) is 0 Å². The molecule has 1 atom stereocenters. The van der Waals surface area contributed by atoms with Gasteiger partial charge in [-0.1, -0.05) is 88.9 Å². The smallest absolute Gasteiger partial charge is 0.127 e. The Morgan fingerprint density at radius 2 is 1.81 bits per heavy atom. The van der Waals surface area contributed by atoms with Crippen LogP contribution in [0.2, 0.25) is 0 Å². The fourth-order valence-electron chi connectivity index (χ4n) is 4.57. The highest BCUT2D eigenvalue weighted by molar-refractivity contribution is 5.72. The highest BCUT2D eigenvalue weighted by Crippen LogP contribution is 2.40. The molecule has 1 N–H and O–H groups in total. The van der Waals surface area contributed by atoms with E-state index in [-0.39, 0.29) is 5.41 Å². The Hall–Kier alpha value is -2.06. The van der Waals surface area contributed by atoms with Gasteiger partial charge in [0.2, 0.25) is 0 Å². The van der Waals surface area contributed by atoms with E-state index in [1.54, 1.807) is 0 Å². The third kappa shape index (κ3) is 6.71. The number of benzene rings is 2. The molecule has 2 nitrogen and oxygen atoms in total. The van der Waals surface area contributed by atoms with E-state index in [1.807, 2.05) is 19.1 Å².